The van der Waals surface area contributed by atoms with Crippen molar-refractivity contribution in [2.24, 2.45) is 0 Å². The minimum atomic E-state index is 0.837. The molecule has 0 radical (unpaired) electrons. The summed E-state index contributed by atoms with van der Waals surface area (Å²) in [4.78, 5) is 6.69. The lowest BCUT2D eigenvalue weighted by molar-refractivity contribution is 0.810. The van der Waals surface area contributed by atoms with Crippen LogP contribution >= 0.6 is 22.9 Å². The van der Waals surface area contributed by atoms with Gasteiger partial charge in [0, 0.05) is 18.9 Å². The van der Waals surface area contributed by atoms with E-state index in [4.69, 9.17) is 0 Å². The van der Waals surface area contributed by atoms with E-state index in [0.29, 0.717) is 0 Å². The highest BCUT2D eigenvalue weighted by Crippen LogP contribution is 2.28. The number of nitrogens with zero attached hydrogens (tertiary/aromatic N) is 2. The first kappa shape index (κ1) is 8.80. The number of nitrogens with one attached hydrogen (secondary N) is 1. The molecule has 0 aliphatic heterocycles. The van der Waals surface area contributed by atoms with Crippen molar-refractivity contribution < 1.29 is 0 Å². The van der Waals surface area contributed by atoms with Crippen LogP contribution in [0.1, 0.15) is 5.01 Å². The van der Waals surface area contributed by atoms with E-state index >= 15 is 0 Å². The van der Waals surface area contributed by atoms with Crippen molar-refractivity contribution in [3.63, 3.8) is 0 Å². The molecule has 0 bridgehead atoms. The minimum Gasteiger partial charge on any atom is -0.314 e. The van der Waals surface area contributed by atoms with Crippen molar-refractivity contribution >= 4 is 22.9 Å². The minimum absolute atomic E-state index is 0.837. The van der Waals surface area contributed by atoms with Crippen LogP contribution in [-0.4, -0.2) is 16.4 Å². The first-order valence-corrected chi connectivity index (χ1v) is 5.49. The van der Waals surface area contributed by atoms with Crippen molar-refractivity contribution in [3.8, 4) is 9.75 Å². The van der Waals surface area contributed by atoms with Crippen LogP contribution in [0, 0.1) is 0 Å². The van der Waals surface area contributed by atoms with Crippen LogP contribution in [0.15, 0.2) is 18.5 Å². The third kappa shape index (κ3) is 1.93. The first-order valence-electron chi connectivity index (χ1n) is 3.90. The molecule has 0 atom stereocenters. The molecule has 0 fully saturated rings. The third-order valence-corrected chi connectivity index (χ3v) is 3.50. The van der Waals surface area contributed by atoms with Crippen molar-refractivity contribution in [2.75, 3.05) is 7.05 Å². The summed E-state index contributed by atoms with van der Waals surface area (Å²) < 4.78 is 4.06. The molecule has 0 aliphatic rings. The smallest absolute Gasteiger partial charge is 0.107 e. The monoisotopic (exact) mass is 211 g/mol. The van der Waals surface area contributed by atoms with E-state index in [1.54, 1.807) is 11.3 Å². The zero-order chi connectivity index (χ0) is 9.10. The molecule has 2 aromatic heterocycles. The van der Waals surface area contributed by atoms with E-state index < -0.39 is 0 Å². The number of hydrogen-bond acceptors (Lipinski definition) is 5. The lowest BCUT2D eigenvalue weighted by atomic mass is 10.4. The number of rotatable bonds is 3. The molecule has 0 saturated carbocycles. The summed E-state index contributed by atoms with van der Waals surface area (Å²) in [5.41, 5.74) is 0. The van der Waals surface area contributed by atoms with Gasteiger partial charge in [-0.15, -0.1) is 11.3 Å². The summed E-state index contributed by atoms with van der Waals surface area (Å²) in [5, 5.41) is 4.19. The number of thiazole rings is 1. The Bertz CT molecular complexity index is 366. The van der Waals surface area contributed by atoms with Crippen molar-refractivity contribution in [3.05, 3.63) is 23.5 Å². The van der Waals surface area contributed by atoms with Gasteiger partial charge in [0.2, 0.25) is 0 Å². The highest BCUT2D eigenvalue weighted by Gasteiger charge is 2.04. The molecule has 0 amide bonds. The van der Waals surface area contributed by atoms with Crippen LogP contribution in [0.5, 0.6) is 0 Å². The Labute approximate surface area is 84.6 Å². The number of hydrogen-bond donors (Lipinski definition) is 1. The standard InChI is InChI=1S/C8H9N3S2/c1-9-5-8-10-4-7(12-8)6-2-3-11-13-6/h2-4,9H,5H2,1H3. The van der Waals surface area contributed by atoms with Gasteiger partial charge in [-0.1, -0.05) is 0 Å². The van der Waals surface area contributed by atoms with Crippen LogP contribution in [0.2, 0.25) is 0 Å². The molecule has 1 N–H and O–H groups in total. The van der Waals surface area contributed by atoms with Gasteiger partial charge in [0.05, 0.1) is 9.75 Å². The van der Waals surface area contributed by atoms with Crippen LogP contribution in [-0.2, 0) is 6.54 Å². The Morgan fingerprint density at radius 2 is 2.38 bits per heavy atom. The van der Waals surface area contributed by atoms with E-state index in [-0.39, 0.29) is 0 Å². The van der Waals surface area contributed by atoms with Crippen molar-refractivity contribution in [1.82, 2.24) is 14.7 Å². The Morgan fingerprint density at radius 3 is 3.08 bits per heavy atom. The average Bonchev–Trinajstić information content (AvgIpc) is 2.70. The molecule has 3 nitrogen and oxygen atoms in total. The van der Waals surface area contributed by atoms with E-state index in [1.807, 2.05) is 25.5 Å². The van der Waals surface area contributed by atoms with Crippen molar-refractivity contribution in [2.45, 2.75) is 6.54 Å². The zero-order valence-electron chi connectivity index (χ0n) is 7.15. The van der Waals surface area contributed by atoms with Gasteiger partial charge in [0.15, 0.2) is 0 Å². The maximum Gasteiger partial charge on any atom is 0.107 e. The SMILES string of the molecule is CNCc1ncc(-c2ccns2)s1. The Morgan fingerprint density at radius 1 is 1.46 bits per heavy atom. The van der Waals surface area contributed by atoms with Crippen LogP contribution in [0.25, 0.3) is 9.75 Å². The Hall–Kier alpha value is -0.780. The molecule has 2 heterocycles. The second kappa shape index (κ2) is 3.95. The quantitative estimate of drug-likeness (QED) is 0.843. The summed E-state index contributed by atoms with van der Waals surface area (Å²) in [6.07, 6.45) is 3.72. The Balaban J connectivity index is 2.23. The fraction of sp³-hybridized carbons (Fsp3) is 0.250. The molecule has 5 heteroatoms. The highest BCUT2D eigenvalue weighted by atomic mass is 32.1. The molecule has 0 spiro atoms. The van der Waals surface area contributed by atoms with Gasteiger partial charge in [-0.25, -0.2) is 9.36 Å². The molecule has 0 aromatic carbocycles. The molecule has 13 heavy (non-hydrogen) atoms. The van der Waals surface area contributed by atoms with E-state index in [9.17, 15) is 0 Å². The van der Waals surface area contributed by atoms with Gasteiger partial charge in [-0.05, 0) is 24.6 Å². The lowest BCUT2D eigenvalue weighted by Crippen LogP contribution is -2.03. The largest absolute Gasteiger partial charge is 0.314 e. The van der Waals surface area contributed by atoms with E-state index in [1.165, 1.54) is 21.3 Å². The highest BCUT2D eigenvalue weighted by molar-refractivity contribution is 7.19. The van der Waals surface area contributed by atoms with Crippen LogP contribution in [0.4, 0.5) is 0 Å². The molecule has 0 saturated heterocycles. The second-order valence-corrected chi connectivity index (χ2v) is 4.47. The summed E-state index contributed by atoms with van der Waals surface area (Å²) in [5.74, 6) is 0. The van der Waals surface area contributed by atoms with Gasteiger partial charge in [-0.2, -0.15) is 0 Å². The predicted octanol–water partition coefficient (Wildman–Crippen LogP) is 1.99. The van der Waals surface area contributed by atoms with Crippen LogP contribution in [0.3, 0.4) is 0 Å². The van der Waals surface area contributed by atoms with Gasteiger partial charge in [-0.3, -0.25) is 0 Å². The fourth-order valence-electron chi connectivity index (χ4n) is 1.00. The molecule has 0 aliphatic carbocycles. The summed E-state index contributed by atoms with van der Waals surface area (Å²) in [6, 6.07) is 2.02. The lowest BCUT2D eigenvalue weighted by Gasteiger charge is -1.89. The van der Waals surface area contributed by atoms with Gasteiger partial charge >= 0.3 is 0 Å². The van der Waals surface area contributed by atoms with Crippen molar-refractivity contribution in [1.29, 1.82) is 0 Å². The summed E-state index contributed by atoms with van der Waals surface area (Å²) in [7, 11) is 1.92. The van der Waals surface area contributed by atoms with Gasteiger partial charge in [0.25, 0.3) is 0 Å². The topological polar surface area (TPSA) is 37.8 Å². The summed E-state index contributed by atoms with van der Waals surface area (Å²) >= 11 is 3.22. The second-order valence-electron chi connectivity index (χ2n) is 2.53. The third-order valence-electron chi connectivity index (χ3n) is 1.56. The van der Waals surface area contributed by atoms with Gasteiger partial charge < -0.3 is 5.32 Å². The zero-order valence-corrected chi connectivity index (χ0v) is 8.78. The molecule has 2 rings (SSSR count). The first-order chi connectivity index (χ1) is 6.40. The molecular weight excluding hydrogens is 202 g/mol. The average molecular weight is 211 g/mol. The van der Waals surface area contributed by atoms with Gasteiger partial charge in [0.1, 0.15) is 5.01 Å². The predicted molar refractivity (Wildman–Crippen MR) is 56.0 cm³/mol. The number of aromatic nitrogens is 2. The maximum atomic E-state index is 4.30. The van der Waals surface area contributed by atoms with E-state index in [2.05, 4.69) is 14.7 Å². The molecule has 2 aromatic rings. The maximum absolute atomic E-state index is 4.30. The Kier molecular flexibility index (Phi) is 2.68. The molecular formula is C8H9N3S2. The molecule has 0 unspecified atom stereocenters. The molecule has 68 valence electrons. The van der Waals surface area contributed by atoms with Crippen LogP contribution < -0.4 is 5.32 Å². The summed E-state index contributed by atoms with van der Waals surface area (Å²) in [6.45, 7) is 0.837. The normalized spacial score (nSPS) is 10.5. The fourth-order valence-corrected chi connectivity index (χ4v) is 2.59. The van der Waals surface area contributed by atoms with E-state index in [0.717, 1.165) is 11.6 Å².